The minimum Gasteiger partial charge on any atom is -0.352 e. The van der Waals surface area contributed by atoms with Crippen LogP contribution in [0.4, 0.5) is 18.9 Å². The number of halogens is 6. The summed E-state index contributed by atoms with van der Waals surface area (Å²) >= 11 is 18.6. The first-order valence-electron chi connectivity index (χ1n) is 10.8. The van der Waals surface area contributed by atoms with Crippen LogP contribution in [-0.2, 0) is 32.3 Å². The van der Waals surface area contributed by atoms with Gasteiger partial charge in [-0.05, 0) is 51.1 Å². The molecule has 0 radical (unpaired) electrons. The average molecular weight is 603 g/mol. The molecule has 2 aromatic carbocycles. The second-order valence-electron chi connectivity index (χ2n) is 8.49. The van der Waals surface area contributed by atoms with Crippen molar-refractivity contribution in [1.29, 1.82) is 0 Å². The van der Waals surface area contributed by atoms with Gasteiger partial charge in [-0.25, -0.2) is 8.42 Å². The third kappa shape index (κ3) is 8.13. The van der Waals surface area contributed by atoms with Crippen LogP contribution in [0.3, 0.4) is 0 Å². The zero-order valence-electron chi connectivity index (χ0n) is 20.2. The van der Waals surface area contributed by atoms with E-state index in [1.54, 1.807) is 19.9 Å². The van der Waals surface area contributed by atoms with Crippen LogP contribution < -0.4 is 9.62 Å². The normalized spacial score (nSPS) is 12.8. The molecule has 2 aromatic rings. The van der Waals surface area contributed by atoms with E-state index in [4.69, 9.17) is 34.8 Å². The van der Waals surface area contributed by atoms with Crippen molar-refractivity contribution in [3.63, 3.8) is 0 Å². The zero-order chi connectivity index (χ0) is 28.3. The molecule has 0 bridgehead atoms. The third-order valence-electron chi connectivity index (χ3n) is 5.21. The second-order valence-corrected chi connectivity index (χ2v) is 11.6. The Morgan fingerprint density at radius 1 is 1.00 bits per heavy atom. The summed E-state index contributed by atoms with van der Waals surface area (Å²) in [5.74, 6) is -1.45. The molecule has 204 valence electrons. The van der Waals surface area contributed by atoms with Gasteiger partial charge >= 0.3 is 6.18 Å². The van der Waals surface area contributed by atoms with Crippen LogP contribution in [-0.4, -0.2) is 50.0 Å². The van der Waals surface area contributed by atoms with Crippen molar-refractivity contribution in [2.75, 3.05) is 17.1 Å². The first kappa shape index (κ1) is 31.0. The largest absolute Gasteiger partial charge is 0.416 e. The molecule has 0 aliphatic heterocycles. The number of sulfonamides is 1. The van der Waals surface area contributed by atoms with Crippen molar-refractivity contribution in [1.82, 2.24) is 10.2 Å². The zero-order valence-corrected chi connectivity index (χ0v) is 23.3. The van der Waals surface area contributed by atoms with Crippen molar-refractivity contribution < 1.29 is 31.2 Å². The van der Waals surface area contributed by atoms with Crippen molar-refractivity contribution in [2.45, 2.75) is 45.6 Å². The van der Waals surface area contributed by atoms with Crippen molar-refractivity contribution >= 4 is 62.3 Å². The summed E-state index contributed by atoms with van der Waals surface area (Å²) in [4.78, 5) is 27.3. The van der Waals surface area contributed by atoms with Gasteiger partial charge in [-0.3, -0.25) is 13.9 Å². The summed E-state index contributed by atoms with van der Waals surface area (Å²) in [6.45, 7) is 3.62. The van der Waals surface area contributed by atoms with Crippen LogP contribution in [0.5, 0.6) is 0 Å². The molecule has 0 unspecified atom stereocenters. The number of benzene rings is 2. The number of hydrogen-bond acceptors (Lipinski definition) is 4. The predicted molar refractivity (Wildman–Crippen MR) is 138 cm³/mol. The van der Waals surface area contributed by atoms with E-state index in [0.717, 1.165) is 17.2 Å². The van der Waals surface area contributed by atoms with Crippen LogP contribution in [0.1, 0.15) is 31.9 Å². The molecular formula is C23H25Cl3F3N3O4S. The number of nitrogens with zero attached hydrogens (tertiary/aromatic N) is 2. The molecule has 2 rings (SSSR count). The van der Waals surface area contributed by atoms with Crippen LogP contribution >= 0.6 is 34.8 Å². The summed E-state index contributed by atoms with van der Waals surface area (Å²) in [5.41, 5.74) is -1.40. The van der Waals surface area contributed by atoms with E-state index in [2.05, 4.69) is 5.32 Å². The van der Waals surface area contributed by atoms with Gasteiger partial charge in [0.05, 0.1) is 22.5 Å². The maximum atomic E-state index is 13.5. The van der Waals surface area contributed by atoms with Gasteiger partial charge in [-0.2, -0.15) is 13.2 Å². The van der Waals surface area contributed by atoms with Gasteiger partial charge in [0, 0.05) is 28.2 Å². The molecule has 14 heteroatoms. The number of nitrogens with one attached hydrogen (secondary N) is 1. The lowest BCUT2D eigenvalue weighted by Gasteiger charge is -2.32. The van der Waals surface area contributed by atoms with Gasteiger partial charge in [0.2, 0.25) is 21.8 Å². The van der Waals surface area contributed by atoms with Crippen molar-refractivity contribution in [3.8, 4) is 0 Å². The maximum Gasteiger partial charge on any atom is 0.416 e. The molecule has 0 heterocycles. The summed E-state index contributed by atoms with van der Waals surface area (Å²) in [5, 5.41) is 2.74. The fourth-order valence-electron chi connectivity index (χ4n) is 3.32. The predicted octanol–water partition coefficient (Wildman–Crippen LogP) is 5.37. The van der Waals surface area contributed by atoms with Gasteiger partial charge in [-0.1, -0.05) is 40.9 Å². The van der Waals surface area contributed by atoms with E-state index >= 15 is 0 Å². The Bertz CT molecular complexity index is 1250. The molecule has 37 heavy (non-hydrogen) atoms. The summed E-state index contributed by atoms with van der Waals surface area (Å²) in [7, 11) is -4.30. The van der Waals surface area contributed by atoms with E-state index in [0.29, 0.717) is 22.0 Å². The van der Waals surface area contributed by atoms with Gasteiger partial charge in [0.1, 0.15) is 12.6 Å². The number of hydrogen-bond donors (Lipinski definition) is 1. The minimum absolute atomic E-state index is 0.197. The highest BCUT2D eigenvalue weighted by Gasteiger charge is 2.35. The first-order valence-corrected chi connectivity index (χ1v) is 13.8. The second kappa shape index (κ2) is 12.1. The Kier molecular flexibility index (Phi) is 10.1. The monoisotopic (exact) mass is 601 g/mol. The number of carbonyl (C=O) groups is 2. The van der Waals surface area contributed by atoms with E-state index in [1.165, 1.54) is 19.1 Å². The summed E-state index contributed by atoms with van der Waals surface area (Å²) < 4.78 is 65.6. The molecule has 0 aliphatic rings. The standard InChI is InChI=1S/C23H25Cl3F3N3O4S/c1-13(2)30-22(34)14(3)31(11-16-17(24)6-5-7-18(16)25)21(33)12-32(37(4,35)36)20-10-15(23(27,28)29)8-9-19(20)26/h5-10,13-14H,11-12H2,1-4H3,(H,30,34)/t14-/m1/s1. The highest BCUT2D eigenvalue weighted by atomic mass is 35.5. The van der Waals surface area contributed by atoms with Gasteiger partial charge < -0.3 is 10.2 Å². The van der Waals surface area contributed by atoms with Crippen molar-refractivity contribution in [2.24, 2.45) is 0 Å². The topological polar surface area (TPSA) is 86.8 Å². The van der Waals surface area contributed by atoms with Gasteiger partial charge in [-0.15, -0.1) is 0 Å². The number of amides is 2. The number of anilines is 1. The Morgan fingerprint density at radius 3 is 2.05 bits per heavy atom. The first-order chi connectivity index (χ1) is 16.9. The molecule has 0 fully saturated rings. The molecular weight excluding hydrogens is 578 g/mol. The minimum atomic E-state index is -4.79. The molecule has 7 nitrogen and oxygen atoms in total. The molecule has 0 saturated carbocycles. The van der Waals surface area contributed by atoms with E-state index in [9.17, 15) is 31.2 Å². The lowest BCUT2D eigenvalue weighted by Crippen LogP contribution is -2.52. The molecule has 1 N–H and O–H groups in total. The highest BCUT2D eigenvalue weighted by molar-refractivity contribution is 7.92. The van der Waals surface area contributed by atoms with Crippen LogP contribution in [0.2, 0.25) is 15.1 Å². The molecule has 2 amide bonds. The quantitative estimate of drug-likeness (QED) is 0.418. The molecule has 0 aliphatic carbocycles. The Labute approximate surface area is 228 Å². The smallest absolute Gasteiger partial charge is 0.352 e. The van der Waals surface area contributed by atoms with Crippen LogP contribution in [0.15, 0.2) is 36.4 Å². The third-order valence-corrected chi connectivity index (χ3v) is 7.36. The number of alkyl halides is 3. The van der Waals surface area contributed by atoms with Gasteiger partial charge in [0.15, 0.2) is 0 Å². The summed E-state index contributed by atoms with van der Waals surface area (Å²) in [6, 6.07) is 5.36. The van der Waals surface area contributed by atoms with Crippen LogP contribution in [0, 0.1) is 0 Å². The molecule has 1 atom stereocenters. The van der Waals surface area contributed by atoms with Crippen molar-refractivity contribution in [3.05, 3.63) is 62.6 Å². The van der Waals surface area contributed by atoms with Crippen LogP contribution in [0.25, 0.3) is 0 Å². The molecule has 0 saturated heterocycles. The van der Waals surface area contributed by atoms with E-state index in [1.807, 2.05) is 0 Å². The SMILES string of the molecule is CC(C)NC(=O)[C@@H](C)N(Cc1c(Cl)cccc1Cl)C(=O)CN(c1cc(C(F)(F)F)ccc1Cl)S(C)(=O)=O. The fraction of sp³-hybridized carbons (Fsp3) is 0.391. The number of carbonyl (C=O) groups excluding carboxylic acids is 2. The fourth-order valence-corrected chi connectivity index (χ4v) is 4.96. The Balaban J connectivity index is 2.56. The Hall–Kier alpha value is -2.21. The molecule has 0 aromatic heterocycles. The van der Waals surface area contributed by atoms with E-state index < -0.39 is 51.9 Å². The Morgan fingerprint density at radius 2 is 1.57 bits per heavy atom. The van der Waals surface area contributed by atoms with E-state index in [-0.39, 0.29) is 27.7 Å². The average Bonchev–Trinajstić information content (AvgIpc) is 2.75. The maximum absolute atomic E-state index is 13.5. The lowest BCUT2D eigenvalue weighted by molar-refractivity contribution is -0.139. The highest BCUT2D eigenvalue weighted by Crippen LogP contribution is 2.36. The lowest BCUT2D eigenvalue weighted by atomic mass is 10.1. The number of rotatable bonds is 9. The molecule has 0 spiro atoms. The van der Waals surface area contributed by atoms with Gasteiger partial charge in [0.25, 0.3) is 0 Å². The summed E-state index contributed by atoms with van der Waals surface area (Å²) in [6.07, 6.45) is -4.07.